The molecule has 0 radical (unpaired) electrons. The molecule has 0 aromatic heterocycles. The van der Waals surface area contributed by atoms with Crippen LogP contribution < -0.4 is 14.8 Å². The highest BCUT2D eigenvalue weighted by atomic mass is 32.2. The van der Waals surface area contributed by atoms with Crippen LogP contribution in [0, 0.1) is 0 Å². The molecule has 1 heterocycles. The SMILES string of the molecule is CCNC(c1ccc(OC)c(OC)c1)C1CSCCO1. The van der Waals surface area contributed by atoms with Crippen LogP contribution in [0.2, 0.25) is 0 Å². The number of ether oxygens (including phenoxy) is 3. The van der Waals surface area contributed by atoms with Crippen LogP contribution in [-0.2, 0) is 4.74 Å². The molecule has 5 heteroatoms. The summed E-state index contributed by atoms with van der Waals surface area (Å²) in [6.45, 7) is 3.85. The summed E-state index contributed by atoms with van der Waals surface area (Å²) in [4.78, 5) is 0. The van der Waals surface area contributed by atoms with Crippen molar-refractivity contribution in [2.75, 3.05) is 38.9 Å². The number of methoxy groups -OCH3 is 2. The van der Waals surface area contributed by atoms with E-state index in [1.807, 2.05) is 23.9 Å². The maximum Gasteiger partial charge on any atom is 0.161 e. The normalized spacial score (nSPS) is 20.4. The molecule has 0 amide bonds. The van der Waals surface area contributed by atoms with E-state index in [1.165, 1.54) is 5.56 Å². The number of hydrogen-bond acceptors (Lipinski definition) is 5. The summed E-state index contributed by atoms with van der Waals surface area (Å²) in [5, 5.41) is 3.52. The summed E-state index contributed by atoms with van der Waals surface area (Å²) >= 11 is 1.95. The fourth-order valence-electron chi connectivity index (χ4n) is 2.43. The van der Waals surface area contributed by atoms with E-state index < -0.39 is 0 Å². The van der Waals surface area contributed by atoms with E-state index >= 15 is 0 Å². The monoisotopic (exact) mass is 297 g/mol. The first-order valence-corrected chi connectivity index (χ1v) is 8.10. The summed E-state index contributed by atoms with van der Waals surface area (Å²) in [6.07, 6.45) is 0.201. The van der Waals surface area contributed by atoms with E-state index in [2.05, 4.69) is 18.3 Å². The third-order valence-electron chi connectivity index (χ3n) is 3.40. The molecule has 2 rings (SSSR count). The molecule has 0 bridgehead atoms. The lowest BCUT2D eigenvalue weighted by Gasteiger charge is -2.31. The summed E-state index contributed by atoms with van der Waals surface area (Å²) in [6, 6.07) is 6.26. The predicted molar refractivity (Wildman–Crippen MR) is 83.0 cm³/mol. The standard InChI is InChI=1S/C15H23NO3S/c1-4-16-15(14-10-20-8-7-19-14)11-5-6-12(17-2)13(9-11)18-3/h5-6,9,14-16H,4,7-8,10H2,1-3H3. The van der Waals surface area contributed by atoms with Crippen LogP contribution in [0.15, 0.2) is 18.2 Å². The van der Waals surface area contributed by atoms with Gasteiger partial charge in [-0.05, 0) is 24.2 Å². The van der Waals surface area contributed by atoms with Crippen molar-refractivity contribution >= 4 is 11.8 Å². The van der Waals surface area contributed by atoms with E-state index in [0.717, 1.165) is 36.2 Å². The summed E-state index contributed by atoms with van der Waals surface area (Å²) in [7, 11) is 3.32. The molecule has 0 aliphatic carbocycles. The lowest BCUT2D eigenvalue weighted by Crippen LogP contribution is -2.38. The zero-order valence-electron chi connectivity index (χ0n) is 12.3. The molecular formula is C15H23NO3S. The minimum absolute atomic E-state index is 0.188. The topological polar surface area (TPSA) is 39.7 Å². The molecule has 1 aromatic carbocycles. The predicted octanol–water partition coefficient (Wildman–Crippen LogP) is 2.49. The largest absolute Gasteiger partial charge is 0.493 e. The van der Waals surface area contributed by atoms with E-state index in [0.29, 0.717) is 0 Å². The molecule has 2 unspecified atom stereocenters. The molecule has 2 atom stereocenters. The highest BCUT2D eigenvalue weighted by molar-refractivity contribution is 7.99. The Morgan fingerprint density at radius 1 is 1.35 bits per heavy atom. The van der Waals surface area contributed by atoms with Crippen LogP contribution in [-0.4, -0.2) is 45.0 Å². The highest BCUT2D eigenvalue weighted by Gasteiger charge is 2.26. The zero-order valence-corrected chi connectivity index (χ0v) is 13.2. The van der Waals surface area contributed by atoms with Gasteiger partial charge in [0.15, 0.2) is 11.5 Å². The molecule has 0 spiro atoms. The zero-order chi connectivity index (χ0) is 14.4. The summed E-state index contributed by atoms with van der Waals surface area (Å²) in [5.74, 6) is 3.62. The molecule has 112 valence electrons. The van der Waals surface area contributed by atoms with Gasteiger partial charge in [-0.3, -0.25) is 0 Å². The van der Waals surface area contributed by atoms with Crippen molar-refractivity contribution in [3.63, 3.8) is 0 Å². The Kier molecular flexibility index (Phi) is 6.01. The fraction of sp³-hybridized carbons (Fsp3) is 0.600. The molecule has 1 saturated heterocycles. The van der Waals surface area contributed by atoms with E-state index in [4.69, 9.17) is 14.2 Å². The molecule has 1 N–H and O–H groups in total. The first kappa shape index (κ1) is 15.5. The Hall–Kier alpha value is -0.910. The Labute approximate surface area is 125 Å². The van der Waals surface area contributed by atoms with Crippen LogP contribution in [0.4, 0.5) is 0 Å². The number of benzene rings is 1. The van der Waals surface area contributed by atoms with Gasteiger partial charge in [-0.25, -0.2) is 0 Å². The van der Waals surface area contributed by atoms with Gasteiger partial charge in [0.05, 0.1) is 33.0 Å². The summed E-state index contributed by atoms with van der Waals surface area (Å²) in [5.41, 5.74) is 1.18. The van der Waals surface area contributed by atoms with Crippen molar-refractivity contribution < 1.29 is 14.2 Å². The molecule has 1 fully saturated rings. The second-order valence-electron chi connectivity index (χ2n) is 4.63. The molecule has 4 nitrogen and oxygen atoms in total. The van der Waals surface area contributed by atoms with Crippen molar-refractivity contribution in [3.8, 4) is 11.5 Å². The number of rotatable bonds is 6. The molecular weight excluding hydrogens is 274 g/mol. The minimum atomic E-state index is 0.188. The summed E-state index contributed by atoms with van der Waals surface area (Å²) < 4.78 is 16.6. The first-order valence-electron chi connectivity index (χ1n) is 6.94. The van der Waals surface area contributed by atoms with Crippen LogP contribution in [0.5, 0.6) is 11.5 Å². The quantitative estimate of drug-likeness (QED) is 0.873. The molecule has 1 aliphatic heterocycles. The first-order chi connectivity index (χ1) is 9.80. The van der Waals surface area contributed by atoms with Crippen molar-refractivity contribution in [1.29, 1.82) is 0 Å². The number of nitrogens with one attached hydrogen (secondary N) is 1. The second-order valence-corrected chi connectivity index (χ2v) is 5.78. The van der Waals surface area contributed by atoms with Gasteiger partial charge in [-0.15, -0.1) is 0 Å². The van der Waals surface area contributed by atoms with Crippen molar-refractivity contribution in [1.82, 2.24) is 5.32 Å². The van der Waals surface area contributed by atoms with Gasteiger partial charge < -0.3 is 19.5 Å². The Balaban J connectivity index is 2.23. The Bertz CT molecular complexity index is 422. The minimum Gasteiger partial charge on any atom is -0.493 e. The number of thioether (sulfide) groups is 1. The maximum absolute atomic E-state index is 5.92. The lowest BCUT2D eigenvalue weighted by molar-refractivity contribution is 0.0471. The molecule has 1 aliphatic rings. The maximum atomic E-state index is 5.92. The van der Waals surface area contributed by atoms with Gasteiger partial charge in [0, 0.05) is 11.5 Å². The fourth-order valence-corrected chi connectivity index (χ4v) is 3.33. The third kappa shape index (κ3) is 3.59. The van der Waals surface area contributed by atoms with Crippen molar-refractivity contribution in [3.05, 3.63) is 23.8 Å². The average molecular weight is 297 g/mol. The van der Waals surface area contributed by atoms with Gasteiger partial charge in [0.1, 0.15) is 0 Å². The smallest absolute Gasteiger partial charge is 0.161 e. The van der Waals surface area contributed by atoms with Gasteiger partial charge >= 0.3 is 0 Å². The van der Waals surface area contributed by atoms with E-state index in [-0.39, 0.29) is 12.1 Å². The van der Waals surface area contributed by atoms with Crippen LogP contribution >= 0.6 is 11.8 Å². The highest BCUT2D eigenvalue weighted by Crippen LogP contribution is 2.33. The lowest BCUT2D eigenvalue weighted by atomic mass is 10.0. The molecule has 1 aromatic rings. The van der Waals surface area contributed by atoms with Crippen LogP contribution in [0.3, 0.4) is 0 Å². The number of hydrogen-bond donors (Lipinski definition) is 1. The van der Waals surface area contributed by atoms with Crippen LogP contribution in [0.1, 0.15) is 18.5 Å². The van der Waals surface area contributed by atoms with Gasteiger partial charge in [0.2, 0.25) is 0 Å². The number of likely N-dealkylation sites (N-methyl/N-ethyl adjacent to an activating group) is 1. The molecule has 0 saturated carbocycles. The molecule has 20 heavy (non-hydrogen) atoms. The van der Waals surface area contributed by atoms with Crippen molar-refractivity contribution in [2.24, 2.45) is 0 Å². The van der Waals surface area contributed by atoms with E-state index in [9.17, 15) is 0 Å². The van der Waals surface area contributed by atoms with E-state index in [1.54, 1.807) is 14.2 Å². The second kappa shape index (κ2) is 7.76. The van der Waals surface area contributed by atoms with Gasteiger partial charge in [-0.2, -0.15) is 11.8 Å². The third-order valence-corrected chi connectivity index (χ3v) is 4.42. The Morgan fingerprint density at radius 2 is 2.15 bits per heavy atom. The van der Waals surface area contributed by atoms with Gasteiger partial charge in [-0.1, -0.05) is 13.0 Å². The van der Waals surface area contributed by atoms with Crippen LogP contribution in [0.25, 0.3) is 0 Å². The van der Waals surface area contributed by atoms with Crippen molar-refractivity contribution in [2.45, 2.75) is 19.1 Å². The van der Waals surface area contributed by atoms with Gasteiger partial charge in [0.25, 0.3) is 0 Å². The average Bonchev–Trinajstić information content (AvgIpc) is 2.52. The Morgan fingerprint density at radius 3 is 2.75 bits per heavy atom.